The highest BCUT2D eigenvalue weighted by molar-refractivity contribution is 9.09. The molecule has 0 spiro atoms. The topological polar surface area (TPSA) is 143 Å². The molecule has 0 rings (SSSR count). The first-order valence-corrected chi connectivity index (χ1v) is 9.73. The van der Waals surface area contributed by atoms with Gasteiger partial charge in [-0.1, -0.05) is 15.9 Å². The second-order valence-electron chi connectivity index (χ2n) is 5.59. The van der Waals surface area contributed by atoms with Crippen molar-refractivity contribution in [1.82, 2.24) is 16.0 Å². The quantitative estimate of drug-likeness (QED) is 0.180. The molecule has 27 heavy (non-hydrogen) atoms. The number of carboxylic acids is 1. The van der Waals surface area contributed by atoms with Crippen molar-refractivity contribution in [3.63, 3.8) is 0 Å². The van der Waals surface area contributed by atoms with Crippen LogP contribution in [0, 0.1) is 0 Å². The van der Waals surface area contributed by atoms with Crippen molar-refractivity contribution in [1.29, 1.82) is 0 Å². The van der Waals surface area contributed by atoms with Crippen molar-refractivity contribution in [2.24, 2.45) is 0 Å². The molecule has 3 amide bonds. The largest absolute Gasteiger partial charge is 0.480 e. The summed E-state index contributed by atoms with van der Waals surface area (Å²) in [6.07, 6.45) is 1.42. The Hall–Kier alpha value is -1.72. The molecule has 0 aromatic carbocycles. The van der Waals surface area contributed by atoms with Crippen LogP contribution in [0.2, 0.25) is 0 Å². The fourth-order valence-corrected chi connectivity index (χ4v) is 2.12. The molecule has 0 heterocycles. The van der Waals surface area contributed by atoms with Gasteiger partial charge in [-0.3, -0.25) is 14.4 Å². The molecule has 1 atom stereocenters. The van der Waals surface area contributed by atoms with E-state index >= 15 is 0 Å². The monoisotopic (exact) mass is 453 g/mol. The Balaban J connectivity index is 3.78. The molecule has 11 heteroatoms. The predicted molar refractivity (Wildman–Crippen MR) is 101 cm³/mol. The zero-order valence-corrected chi connectivity index (χ0v) is 17.0. The van der Waals surface area contributed by atoms with E-state index < -0.39 is 17.9 Å². The number of rotatable bonds is 16. The van der Waals surface area contributed by atoms with Gasteiger partial charge in [-0.2, -0.15) is 0 Å². The summed E-state index contributed by atoms with van der Waals surface area (Å²) in [6, 6.07) is -0.998. The summed E-state index contributed by atoms with van der Waals surface area (Å²) in [5.74, 6) is -1.90. The van der Waals surface area contributed by atoms with E-state index in [4.69, 9.17) is 14.6 Å². The van der Waals surface area contributed by atoms with Crippen LogP contribution in [0.25, 0.3) is 0 Å². The van der Waals surface area contributed by atoms with Crippen LogP contribution < -0.4 is 16.0 Å². The van der Waals surface area contributed by atoms with Crippen LogP contribution in [0.5, 0.6) is 0 Å². The number of aliphatic carboxylic acids is 1. The van der Waals surface area contributed by atoms with E-state index in [-0.39, 0.29) is 43.4 Å². The van der Waals surface area contributed by atoms with Gasteiger partial charge in [0.2, 0.25) is 17.7 Å². The maximum absolute atomic E-state index is 11.7. The number of hydrogen-bond acceptors (Lipinski definition) is 6. The van der Waals surface area contributed by atoms with E-state index in [0.29, 0.717) is 32.5 Å². The van der Waals surface area contributed by atoms with E-state index in [1.165, 1.54) is 6.92 Å². The van der Waals surface area contributed by atoms with Gasteiger partial charge in [0, 0.05) is 20.0 Å². The second-order valence-corrected chi connectivity index (χ2v) is 6.15. The van der Waals surface area contributed by atoms with Gasteiger partial charge < -0.3 is 30.5 Å². The SMILES string of the molecule is CC(=O)NCCOCCOCC(=O)NC(CCCCNC(=O)CBr)C(=O)O. The summed E-state index contributed by atoms with van der Waals surface area (Å²) in [7, 11) is 0. The van der Waals surface area contributed by atoms with Gasteiger partial charge in [-0.15, -0.1) is 0 Å². The number of carbonyl (C=O) groups is 4. The van der Waals surface area contributed by atoms with Crippen LogP contribution in [0.4, 0.5) is 0 Å². The molecule has 0 aromatic heterocycles. The first-order chi connectivity index (χ1) is 12.9. The van der Waals surface area contributed by atoms with E-state index in [0.717, 1.165) is 0 Å². The molecule has 10 nitrogen and oxygen atoms in total. The van der Waals surface area contributed by atoms with Crippen molar-refractivity contribution < 1.29 is 33.8 Å². The molecule has 0 aliphatic rings. The fraction of sp³-hybridized carbons (Fsp3) is 0.750. The lowest BCUT2D eigenvalue weighted by Crippen LogP contribution is -2.42. The molecule has 156 valence electrons. The molecule has 0 fully saturated rings. The first kappa shape index (κ1) is 25.3. The summed E-state index contributed by atoms with van der Waals surface area (Å²) >= 11 is 3.03. The second kappa shape index (κ2) is 16.5. The summed E-state index contributed by atoms with van der Waals surface area (Å²) < 4.78 is 10.3. The third-order valence-corrected chi connectivity index (χ3v) is 3.73. The highest BCUT2D eigenvalue weighted by Gasteiger charge is 2.19. The number of unbranched alkanes of at least 4 members (excludes halogenated alkanes) is 1. The average molecular weight is 454 g/mol. The van der Waals surface area contributed by atoms with Gasteiger partial charge in [-0.25, -0.2) is 4.79 Å². The Kier molecular flexibility index (Phi) is 15.4. The van der Waals surface area contributed by atoms with Gasteiger partial charge in [0.1, 0.15) is 12.6 Å². The number of halogens is 1. The summed E-state index contributed by atoms with van der Waals surface area (Å²) in [5, 5.41) is 17.0. The number of carboxylic acid groups (broad SMARTS) is 1. The third kappa shape index (κ3) is 16.2. The molecular weight excluding hydrogens is 426 g/mol. The first-order valence-electron chi connectivity index (χ1n) is 8.61. The summed E-state index contributed by atoms with van der Waals surface area (Å²) in [5.41, 5.74) is 0. The number of amides is 3. The highest BCUT2D eigenvalue weighted by Crippen LogP contribution is 2.01. The number of alkyl halides is 1. The molecule has 0 saturated heterocycles. The van der Waals surface area contributed by atoms with Crippen molar-refractivity contribution in [3.8, 4) is 0 Å². The standard InChI is InChI=1S/C16H28BrN3O7/c1-12(21)18-6-7-26-8-9-27-11-15(23)20-13(16(24)25)4-2-3-5-19-14(22)10-17/h13H,2-11H2,1H3,(H,18,21)(H,19,22)(H,20,23)(H,24,25). The Morgan fingerprint density at radius 3 is 2.30 bits per heavy atom. The smallest absolute Gasteiger partial charge is 0.326 e. The van der Waals surface area contributed by atoms with Gasteiger partial charge in [0.25, 0.3) is 0 Å². The maximum atomic E-state index is 11.7. The zero-order valence-electron chi connectivity index (χ0n) is 15.4. The fourth-order valence-electron chi connectivity index (χ4n) is 1.93. The van der Waals surface area contributed by atoms with Crippen LogP contribution in [-0.2, 0) is 28.7 Å². The Labute approximate surface area is 166 Å². The molecule has 0 radical (unpaired) electrons. The summed E-state index contributed by atoms with van der Waals surface area (Å²) in [4.78, 5) is 44.6. The van der Waals surface area contributed by atoms with E-state index in [2.05, 4.69) is 31.9 Å². The average Bonchev–Trinajstić information content (AvgIpc) is 2.61. The normalized spacial score (nSPS) is 11.5. The molecule has 0 aliphatic carbocycles. The Bertz CT molecular complexity index is 477. The lowest BCUT2D eigenvalue weighted by atomic mass is 10.1. The Morgan fingerprint density at radius 1 is 0.963 bits per heavy atom. The molecule has 0 saturated carbocycles. The third-order valence-electron chi connectivity index (χ3n) is 3.22. The van der Waals surface area contributed by atoms with Crippen molar-refractivity contribution in [2.75, 3.05) is 44.8 Å². The molecule has 1 unspecified atom stereocenters. The molecule has 0 aliphatic heterocycles. The van der Waals surface area contributed by atoms with E-state index in [1.807, 2.05) is 0 Å². The molecular formula is C16H28BrN3O7. The van der Waals surface area contributed by atoms with Crippen molar-refractivity contribution >= 4 is 39.6 Å². The minimum atomic E-state index is -1.12. The highest BCUT2D eigenvalue weighted by atomic mass is 79.9. The zero-order chi connectivity index (χ0) is 20.5. The molecule has 4 N–H and O–H groups in total. The number of nitrogens with one attached hydrogen (secondary N) is 3. The maximum Gasteiger partial charge on any atom is 0.326 e. The van der Waals surface area contributed by atoms with Crippen LogP contribution in [-0.4, -0.2) is 79.7 Å². The van der Waals surface area contributed by atoms with Crippen molar-refractivity contribution in [3.05, 3.63) is 0 Å². The summed E-state index contributed by atoms with van der Waals surface area (Å²) in [6.45, 7) is 2.78. The van der Waals surface area contributed by atoms with Gasteiger partial charge >= 0.3 is 5.97 Å². The van der Waals surface area contributed by atoms with Crippen LogP contribution >= 0.6 is 15.9 Å². The van der Waals surface area contributed by atoms with Crippen LogP contribution in [0.1, 0.15) is 26.2 Å². The van der Waals surface area contributed by atoms with E-state index in [1.54, 1.807) is 0 Å². The number of ether oxygens (including phenoxy) is 2. The van der Waals surface area contributed by atoms with Crippen LogP contribution in [0.3, 0.4) is 0 Å². The lowest BCUT2D eigenvalue weighted by molar-refractivity contribution is -0.142. The number of carbonyl (C=O) groups excluding carboxylic acids is 3. The molecule has 0 bridgehead atoms. The van der Waals surface area contributed by atoms with Crippen molar-refractivity contribution in [2.45, 2.75) is 32.2 Å². The van der Waals surface area contributed by atoms with Crippen LogP contribution in [0.15, 0.2) is 0 Å². The van der Waals surface area contributed by atoms with E-state index in [9.17, 15) is 19.2 Å². The van der Waals surface area contributed by atoms with Gasteiger partial charge in [-0.05, 0) is 19.3 Å². The number of hydrogen-bond donors (Lipinski definition) is 4. The van der Waals surface area contributed by atoms with Gasteiger partial charge in [0.05, 0.1) is 25.2 Å². The predicted octanol–water partition coefficient (Wildman–Crippen LogP) is -0.593. The minimum Gasteiger partial charge on any atom is -0.480 e. The minimum absolute atomic E-state index is 0.130. The lowest BCUT2D eigenvalue weighted by Gasteiger charge is -2.14. The van der Waals surface area contributed by atoms with Gasteiger partial charge in [0.15, 0.2) is 0 Å². The molecule has 0 aromatic rings. The Morgan fingerprint density at radius 2 is 1.67 bits per heavy atom.